The maximum absolute atomic E-state index is 13.9. The summed E-state index contributed by atoms with van der Waals surface area (Å²) in [6.45, 7) is 1.85. The Morgan fingerprint density at radius 1 is 1.21 bits per heavy atom. The Balaban J connectivity index is 1.48. The Bertz CT molecular complexity index is 1110. The van der Waals surface area contributed by atoms with Crippen molar-refractivity contribution in [3.05, 3.63) is 77.1 Å². The highest BCUT2D eigenvalue weighted by Gasteiger charge is 2.18. The van der Waals surface area contributed by atoms with E-state index in [9.17, 15) is 18.4 Å². The summed E-state index contributed by atoms with van der Waals surface area (Å²) in [5.74, 6) is -1.82. The molecule has 0 saturated heterocycles. The largest absolute Gasteiger partial charge is 0.345 e. The van der Waals surface area contributed by atoms with Crippen LogP contribution in [0.25, 0.3) is 5.69 Å². The van der Waals surface area contributed by atoms with Crippen molar-refractivity contribution >= 4 is 17.5 Å². The van der Waals surface area contributed by atoms with Crippen LogP contribution in [0.15, 0.2) is 48.8 Å². The van der Waals surface area contributed by atoms with E-state index in [4.69, 9.17) is 0 Å². The van der Waals surface area contributed by atoms with E-state index in [0.29, 0.717) is 12.8 Å². The number of fused-ring (bicyclic) bond motifs is 1. The number of carbonyl (C=O) groups excluding carboxylic acids is 2. The van der Waals surface area contributed by atoms with Gasteiger partial charge in [0.2, 0.25) is 5.91 Å². The Kier molecular flexibility index (Phi) is 4.84. The molecule has 0 radical (unpaired) electrons. The van der Waals surface area contributed by atoms with Crippen molar-refractivity contribution in [1.82, 2.24) is 15.1 Å². The SMILES string of the molecule is C[C@H](NC(=O)c1cnn(-c2ccc(F)cc2F)c1)c1ccc2c(c1)CCC(=O)N2. The fourth-order valence-electron chi connectivity index (χ4n) is 3.27. The van der Waals surface area contributed by atoms with Crippen molar-refractivity contribution < 1.29 is 18.4 Å². The van der Waals surface area contributed by atoms with Gasteiger partial charge < -0.3 is 10.6 Å². The monoisotopic (exact) mass is 396 g/mol. The van der Waals surface area contributed by atoms with E-state index in [-0.39, 0.29) is 29.1 Å². The molecule has 2 aromatic carbocycles. The van der Waals surface area contributed by atoms with Crippen molar-refractivity contribution in [2.24, 2.45) is 0 Å². The van der Waals surface area contributed by atoms with Gasteiger partial charge in [0, 0.05) is 24.4 Å². The molecule has 0 fully saturated rings. The molecule has 0 aliphatic carbocycles. The van der Waals surface area contributed by atoms with Gasteiger partial charge in [-0.15, -0.1) is 0 Å². The lowest BCUT2D eigenvalue weighted by molar-refractivity contribution is -0.116. The Hall–Kier alpha value is -3.55. The molecule has 0 spiro atoms. The normalized spacial score (nSPS) is 14.1. The van der Waals surface area contributed by atoms with Crippen LogP contribution >= 0.6 is 0 Å². The number of nitrogens with one attached hydrogen (secondary N) is 2. The first-order valence-electron chi connectivity index (χ1n) is 9.14. The van der Waals surface area contributed by atoms with Gasteiger partial charge in [-0.1, -0.05) is 12.1 Å². The lowest BCUT2D eigenvalue weighted by Crippen LogP contribution is -2.27. The minimum absolute atomic E-state index is 0.00112. The third kappa shape index (κ3) is 3.87. The van der Waals surface area contributed by atoms with Gasteiger partial charge in [-0.3, -0.25) is 9.59 Å². The molecular weight excluding hydrogens is 378 g/mol. The van der Waals surface area contributed by atoms with E-state index in [0.717, 1.165) is 28.9 Å². The molecule has 6 nitrogen and oxygen atoms in total. The quantitative estimate of drug-likeness (QED) is 0.709. The van der Waals surface area contributed by atoms with Crippen molar-refractivity contribution in [3.63, 3.8) is 0 Å². The average molecular weight is 396 g/mol. The lowest BCUT2D eigenvalue weighted by Gasteiger charge is -2.20. The van der Waals surface area contributed by atoms with Crippen molar-refractivity contribution in [2.75, 3.05) is 5.32 Å². The van der Waals surface area contributed by atoms with Crippen LogP contribution in [0.2, 0.25) is 0 Å². The topological polar surface area (TPSA) is 76.0 Å². The van der Waals surface area contributed by atoms with Crippen LogP contribution < -0.4 is 10.6 Å². The maximum Gasteiger partial charge on any atom is 0.254 e. The second-order valence-corrected chi connectivity index (χ2v) is 6.93. The number of hydrogen-bond donors (Lipinski definition) is 2. The Labute approximate surface area is 165 Å². The molecule has 0 bridgehead atoms. The summed E-state index contributed by atoms with van der Waals surface area (Å²) in [6, 6.07) is 8.52. The molecule has 3 aromatic rings. The van der Waals surface area contributed by atoms with Gasteiger partial charge >= 0.3 is 0 Å². The van der Waals surface area contributed by atoms with Gasteiger partial charge in [-0.2, -0.15) is 5.10 Å². The lowest BCUT2D eigenvalue weighted by atomic mass is 9.97. The molecule has 1 aliphatic heterocycles. The zero-order chi connectivity index (χ0) is 20.5. The standard InChI is InChI=1S/C21H18F2N4O2/c1-12(13-2-5-18-14(8-13)3-7-20(28)26-18)25-21(29)15-10-24-27(11-15)19-6-4-16(22)9-17(19)23/h2,4-6,8-12H,3,7H2,1H3,(H,25,29)(H,26,28)/t12-/m0/s1. The van der Waals surface area contributed by atoms with Crippen LogP contribution in [0.1, 0.15) is 40.9 Å². The summed E-state index contributed by atoms with van der Waals surface area (Å²) in [5.41, 5.74) is 3.04. The van der Waals surface area contributed by atoms with Crippen molar-refractivity contribution in [1.29, 1.82) is 0 Å². The minimum atomic E-state index is -0.769. The zero-order valence-corrected chi connectivity index (χ0v) is 15.6. The molecular formula is C21H18F2N4O2. The van der Waals surface area contributed by atoms with Gasteiger partial charge in [0.05, 0.1) is 17.8 Å². The third-order valence-corrected chi connectivity index (χ3v) is 4.87. The van der Waals surface area contributed by atoms with E-state index in [2.05, 4.69) is 15.7 Å². The van der Waals surface area contributed by atoms with Gasteiger partial charge in [0.1, 0.15) is 11.5 Å². The van der Waals surface area contributed by atoms with Gasteiger partial charge in [0.15, 0.2) is 5.82 Å². The molecule has 1 aromatic heterocycles. The first kappa shape index (κ1) is 18.8. The second-order valence-electron chi connectivity index (χ2n) is 6.93. The van der Waals surface area contributed by atoms with E-state index < -0.39 is 11.6 Å². The summed E-state index contributed by atoms with van der Waals surface area (Å²) < 4.78 is 28.2. The Morgan fingerprint density at radius 3 is 2.83 bits per heavy atom. The van der Waals surface area contributed by atoms with E-state index in [1.54, 1.807) is 0 Å². The molecule has 1 atom stereocenters. The molecule has 2 N–H and O–H groups in total. The van der Waals surface area contributed by atoms with Crippen LogP contribution in [0.5, 0.6) is 0 Å². The van der Waals surface area contributed by atoms with Crippen LogP contribution in [-0.2, 0) is 11.2 Å². The van der Waals surface area contributed by atoms with Crippen molar-refractivity contribution in [2.45, 2.75) is 25.8 Å². The summed E-state index contributed by atoms with van der Waals surface area (Å²) in [6.07, 6.45) is 3.82. The molecule has 148 valence electrons. The summed E-state index contributed by atoms with van der Waals surface area (Å²) in [7, 11) is 0. The fraction of sp³-hybridized carbons (Fsp3) is 0.190. The Morgan fingerprint density at radius 2 is 2.03 bits per heavy atom. The minimum Gasteiger partial charge on any atom is -0.345 e. The molecule has 8 heteroatoms. The number of nitrogens with zero attached hydrogens (tertiary/aromatic N) is 2. The maximum atomic E-state index is 13.9. The van der Waals surface area contributed by atoms with Gasteiger partial charge in [-0.25, -0.2) is 13.5 Å². The summed E-state index contributed by atoms with van der Waals surface area (Å²) in [5, 5.41) is 9.71. The fourth-order valence-corrected chi connectivity index (χ4v) is 3.27. The summed E-state index contributed by atoms with van der Waals surface area (Å²) in [4.78, 5) is 24.0. The van der Waals surface area contributed by atoms with Crippen LogP contribution in [0.3, 0.4) is 0 Å². The van der Waals surface area contributed by atoms with E-state index >= 15 is 0 Å². The number of benzene rings is 2. The van der Waals surface area contributed by atoms with E-state index in [1.165, 1.54) is 23.1 Å². The second kappa shape index (κ2) is 7.46. The third-order valence-electron chi connectivity index (χ3n) is 4.87. The number of rotatable bonds is 4. The molecule has 2 amide bonds. The highest BCUT2D eigenvalue weighted by atomic mass is 19.1. The molecule has 29 heavy (non-hydrogen) atoms. The molecule has 2 heterocycles. The zero-order valence-electron chi connectivity index (χ0n) is 15.6. The highest BCUT2D eigenvalue weighted by Crippen LogP contribution is 2.26. The van der Waals surface area contributed by atoms with Gasteiger partial charge in [-0.05, 0) is 42.7 Å². The molecule has 0 saturated carbocycles. The molecule has 4 rings (SSSR count). The van der Waals surface area contributed by atoms with Crippen LogP contribution in [-0.4, -0.2) is 21.6 Å². The predicted octanol–water partition coefficient (Wildman–Crippen LogP) is 3.53. The first-order valence-corrected chi connectivity index (χ1v) is 9.14. The number of aryl methyl sites for hydroxylation is 1. The first-order chi connectivity index (χ1) is 13.9. The average Bonchev–Trinajstić information content (AvgIpc) is 3.17. The van der Waals surface area contributed by atoms with Crippen molar-refractivity contribution in [3.8, 4) is 5.69 Å². The highest BCUT2D eigenvalue weighted by molar-refractivity contribution is 5.94. The number of amides is 2. The van der Waals surface area contributed by atoms with Crippen LogP contribution in [0, 0.1) is 11.6 Å². The number of halogens is 2. The van der Waals surface area contributed by atoms with Crippen LogP contribution in [0.4, 0.5) is 14.5 Å². The van der Waals surface area contributed by atoms with E-state index in [1.807, 2.05) is 25.1 Å². The van der Waals surface area contributed by atoms with Gasteiger partial charge in [0.25, 0.3) is 5.91 Å². The number of carbonyl (C=O) groups is 2. The molecule has 1 aliphatic rings. The number of anilines is 1. The predicted molar refractivity (Wildman–Crippen MR) is 103 cm³/mol. The molecule has 0 unspecified atom stereocenters. The number of aromatic nitrogens is 2. The smallest absolute Gasteiger partial charge is 0.254 e. The summed E-state index contributed by atoms with van der Waals surface area (Å²) >= 11 is 0. The number of hydrogen-bond acceptors (Lipinski definition) is 3.